The van der Waals surface area contributed by atoms with Crippen LogP contribution in [0.4, 0.5) is 0 Å². The summed E-state index contributed by atoms with van der Waals surface area (Å²) in [5.74, 6) is 1.90. The second-order valence-electron chi connectivity index (χ2n) is 14.4. The van der Waals surface area contributed by atoms with Gasteiger partial charge in [-0.1, -0.05) is 164 Å². The minimum Gasteiger partial charge on any atom is -0.248 e. The van der Waals surface area contributed by atoms with Crippen LogP contribution in [-0.2, 0) is 0 Å². The van der Waals surface area contributed by atoms with E-state index in [1.54, 1.807) is 0 Å². The molecular formula is C52H32N6. The lowest BCUT2D eigenvalue weighted by Gasteiger charge is -2.10. The molecule has 0 N–H and O–H groups in total. The summed E-state index contributed by atoms with van der Waals surface area (Å²) < 4.78 is 0. The Bertz CT molecular complexity index is 3270. The molecule has 0 fully saturated rings. The van der Waals surface area contributed by atoms with E-state index in [1.165, 1.54) is 5.39 Å². The third kappa shape index (κ3) is 6.19. The number of hydrogen-bond acceptors (Lipinski definition) is 6. The van der Waals surface area contributed by atoms with Gasteiger partial charge in [0.15, 0.2) is 17.5 Å². The third-order valence-corrected chi connectivity index (χ3v) is 10.7. The van der Waals surface area contributed by atoms with Gasteiger partial charge in [-0.25, -0.2) is 29.9 Å². The van der Waals surface area contributed by atoms with Crippen LogP contribution in [0.2, 0.25) is 0 Å². The molecule has 0 aliphatic carbocycles. The topological polar surface area (TPSA) is 77.3 Å². The molecule has 11 rings (SSSR count). The molecule has 0 unspecified atom stereocenters. The van der Waals surface area contributed by atoms with Gasteiger partial charge in [0.1, 0.15) is 0 Å². The molecule has 0 saturated carbocycles. The Kier molecular flexibility index (Phi) is 8.04. The van der Waals surface area contributed by atoms with Gasteiger partial charge in [-0.2, -0.15) is 0 Å². The van der Waals surface area contributed by atoms with Crippen molar-refractivity contribution in [2.24, 2.45) is 0 Å². The molecule has 7 aromatic carbocycles. The molecule has 0 saturated heterocycles. The summed E-state index contributed by atoms with van der Waals surface area (Å²) in [6, 6.07) is 66.5. The van der Waals surface area contributed by atoms with Crippen LogP contribution in [0.1, 0.15) is 0 Å². The molecule has 4 aromatic heterocycles. The summed E-state index contributed by atoms with van der Waals surface area (Å²) in [5.41, 5.74) is 11.4. The maximum absolute atomic E-state index is 5.14. The van der Waals surface area contributed by atoms with Crippen molar-refractivity contribution in [2.45, 2.75) is 0 Å². The summed E-state index contributed by atoms with van der Waals surface area (Å²) in [6.07, 6.45) is 0. The van der Waals surface area contributed by atoms with Crippen LogP contribution in [0, 0.1) is 0 Å². The zero-order valence-corrected chi connectivity index (χ0v) is 31.2. The van der Waals surface area contributed by atoms with E-state index >= 15 is 0 Å². The molecule has 0 bridgehead atoms. The Morgan fingerprint density at radius 1 is 0.241 bits per heavy atom. The van der Waals surface area contributed by atoms with Gasteiger partial charge in [0.05, 0.1) is 33.6 Å². The highest BCUT2D eigenvalue weighted by Gasteiger charge is 2.14. The van der Waals surface area contributed by atoms with Crippen LogP contribution in [0.15, 0.2) is 194 Å². The zero-order valence-electron chi connectivity index (χ0n) is 31.2. The van der Waals surface area contributed by atoms with Crippen molar-refractivity contribution in [3.8, 4) is 67.9 Å². The van der Waals surface area contributed by atoms with E-state index in [0.717, 1.165) is 88.6 Å². The maximum Gasteiger partial charge on any atom is 0.164 e. The molecule has 0 aliphatic heterocycles. The highest BCUT2D eigenvalue weighted by molar-refractivity contribution is 6.05. The standard InChI is InChI=1S/C52H32N6/c1-3-10-38(11-4-1)50-56-51(39-12-5-2-6-13-39)58-52(57-50)40-21-16-34(17-22-40)44-28-25-35-18-23-41(31-47(35)53-44)42-24-19-36-26-29-45(54-48(36)32-42)46-30-27-37-20-15-33-9-7-8-14-43(33)49(37)55-46/h1-32H. The molecule has 0 atom stereocenters. The van der Waals surface area contributed by atoms with E-state index in [0.29, 0.717) is 17.5 Å². The number of nitrogens with zero attached hydrogens (tertiary/aromatic N) is 6. The molecule has 58 heavy (non-hydrogen) atoms. The number of aromatic nitrogens is 6. The average Bonchev–Trinajstić information content (AvgIpc) is 3.31. The maximum atomic E-state index is 5.14. The van der Waals surface area contributed by atoms with Gasteiger partial charge in [0.2, 0.25) is 0 Å². The molecule has 0 spiro atoms. The molecule has 0 amide bonds. The molecule has 6 nitrogen and oxygen atoms in total. The highest BCUT2D eigenvalue weighted by atomic mass is 15.0. The zero-order chi connectivity index (χ0) is 38.4. The summed E-state index contributed by atoms with van der Waals surface area (Å²) in [5, 5.41) is 5.59. The Balaban J connectivity index is 0.908. The second-order valence-corrected chi connectivity index (χ2v) is 14.4. The lowest BCUT2D eigenvalue weighted by molar-refractivity contribution is 1.07. The van der Waals surface area contributed by atoms with E-state index in [4.69, 9.17) is 29.9 Å². The van der Waals surface area contributed by atoms with Crippen molar-refractivity contribution in [1.29, 1.82) is 0 Å². The first-order valence-electron chi connectivity index (χ1n) is 19.3. The van der Waals surface area contributed by atoms with Gasteiger partial charge in [-0.3, -0.25) is 0 Å². The van der Waals surface area contributed by atoms with Crippen LogP contribution in [0.3, 0.4) is 0 Å². The first kappa shape index (κ1) is 33.4. The predicted octanol–water partition coefficient (Wildman–Crippen LogP) is 12.7. The monoisotopic (exact) mass is 740 g/mol. The van der Waals surface area contributed by atoms with E-state index < -0.39 is 0 Å². The average molecular weight is 741 g/mol. The number of pyridine rings is 3. The van der Waals surface area contributed by atoms with E-state index in [-0.39, 0.29) is 0 Å². The van der Waals surface area contributed by atoms with E-state index in [2.05, 4.69) is 133 Å². The van der Waals surface area contributed by atoms with Gasteiger partial charge in [0.25, 0.3) is 0 Å². The number of fused-ring (bicyclic) bond motifs is 5. The predicted molar refractivity (Wildman–Crippen MR) is 236 cm³/mol. The van der Waals surface area contributed by atoms with Crippen molar-refractivity contribution < 1.29 is 0 Å². The van der Waals surface area contributed by atoms with Crippen LogP contribution < -0.4 is 0 Å². The Morgan fingerprint density at radius 3 is 1.28 bits per heavy atom. The van der Waals surface area contributed by atoms with E-state index in [9.17, 15) is 0 Å². The van der Waals surface area contributed by atoms with E-state index in [1.807, 2.05) is 60.7 Å². The fourth-order valence-electron chi connectivity index (χ4n) is 7.63. The molecule has 4 heterocycles. The van der Waals surface area contributed by atoms with Gasteiger partial charge >= 0.3 is 0 Å². The number of benzene rings is 7. The Morgan fingerprint density at radius 2 is 0.655 bits per heavy atom. The highest BCUT2D eigenvalue weighted by Crippen LogP contribution is 2.32. The third-order valence-electron chi connectivity index (χ3n) is 10.7. The van der Waals surface area contributed by atoms with Crippen LogP contribution in [-0.4, -0.2) is 29.9 Å². The summed E-state index contributed by atoms with van der Waals surface area (Å²) in [7, 11) is 0. The lowest BCUT2D eigenvalue weighted by Crippen LogP contribution is -2.00. The summed E-state index contributed by atoms with van der Waals surface area (Å²) in [4.78, 5) is 30.0. The smallest absolute Gasteiger partial charge is 0.164 e. The van der Waals surface area contributed by atoms with Gasteiger partial charge < -0.3 is 0 Å². The van der Waals surface area contributed by atoms with Crippen LogP contribution in [0.25, 0.3) is 111 Å². The summed E-state index contributed by atoms with van der Waals surface area (Å²) in [6.45, 7) is 0. The fourth-order valence-corrected chi connectivity index (χ4v) is 7.63. The Hall–Kier alpha value is -7.96. The lowest BCUT2D eigenvalue weighted by atomic mass is 10.0. The number of hydrogen-bond donors (Lipinski definition) is 0. The molecule has 11 aromatic rings. The quantitative estimate of drug-likeness (QED) is 0.158. The molecule has 6 heteroatoms. The van der Waals surface area contributed by atoms with Crippen molar-refractivity contribution in [3.05, 3.63) is 194 Å². The molecule has 0 radical (unpaired) electrons. The molecule has 270 valence electrons. The normalized spacial score (nSPS) is 11.4. The first-order valence-corrected chi connectivity index (χ1v) is 19.3. The van der Waals surface area contributed by atoms with Crippen molar-refractivity contribution in [1.82, 2.24) is 29.9 Å². The summed E-state index contributed by atoms with van der Waals surface area (Å²) >= 11 is 0. The first-order chi connectivity index (χ1) is 28.7. The number of rotatable bonds is 6. The van der Waals surface area contributed by atoms with Crippen molar-refractivity contribution in [3.63, 3.8) is 0 Å². The van der Waals surface area contributed by atoms with Crippen molar-refractivity contribution >= 4 is 43.5 Å². The van der Waals surface area contributed by atoms with Crippen molar-refractivity contribution in [2.75, 3.05) is 0 Å². The second kappa shape index (κ2) is 14.0. The van der Waals surface area contributed by atoms with Gasteiger partial charge in [-0.05, 0) is 46.8 Å². The van der Waals surface area contributed by atoms with Gasteiger partial charge in [-0.15, -0.1) is 0 Å². The fraction of sp³-hybridized carbons (Fsp3) is 0. The van der Waals surface area contributed by atoms with Gasteiger partial charge in [0, 0.05) is 43.8 Å². The Labute approximate surface area is 334 Å². The van der Waals surface area contributed by atoms with Crippen LogP contribution >= 0.6 is 0 Å². The SMILES string of the molecule is c1ccc(-c2nc(-c3ccccc3)nc(-c3ccc(-c4ccc5ccc(-c6ccc7ccc(-c8ccc9ccc%10ccccc%10c9n8)nc7c6)cc5n4)cc3)n2)cc1. The largest absolute Gasteiger partial charge is 0.248 e. The minimum absolute atomic E-state index is 0.620. The molecular weight excluding hydrogens is 709 g/mol. The van der Waals surface area contributed by atoms with Crippen LogP contribution in [0.5, 0.6) is 0 Å². The molecule has 0 aliphatic rings. The minimum atomic E-state index is 0.620.